The first-order valence-corrected chi connectivity index (χ1v) is 24.4. The highest BCUT2D eigenvalue weighted by Gasteiger charge is 2.26. The van der Waals surface area contributed by atoms with E-state index in [1.807, 2.05) is 67.6 Å². The van der Waals surface area contributed by atoms with Crippen LogP contribution in [0.3, 0.4) is 0 Å². The van der Waals surface area contributed by atoms with Gasteiger partial charge in [0.2, 0.25) is 0 Å². The standard InChI is InChI=1S/C64H44N4O3/c1-3-14-55-44(4-2)49-20-12-19-45(61(49)71-55)38-25-30-43(31-26-38)68-53-22-10-8-17-46(53)51-35-40(28-33-54(51)68)41-29-34-57-52(36-41)60-50(21-13-24-58(60)69-57)64-66-62(39-15-6-5-7-16-39)65-63(67-64)42-27-32-48-47-18-9-11-23-56(47)70-59(48)37-42/h3,5-12,14-23,25-37H,4,13,24H2,1-2H3/b14-3-. The van der Waals surface area contributed by atoms with Gasteiger partial charge < -0.3 is 17.8 Å². The normalized spacial score (nSPS) is 12.9. The van der Waals surface area contributed by atoms with E-state index in [0.717, 1.165) is 131 Å². The Bertz CT molecular complexity index is 4330. The van der Waals surface area contributed by atoms with Crippen molar-refractivity contribution < 1.29 is 13.3 Å². The number of hydrogen-bond donors (Lipinski definition) is 0. The molecule has 0 fully saturated rings. The first-order valence-electron chi connectivity index (χ1n) is 24.4. The van der Waals surface area contributed by atoms with Gasteiger partial charge in [-0.05, 0) is 103 Å². The molecule has 7 heteroatoms. The number of furan rings is 3. The largest absolute Gasteiger partial charge is 0.460 e. The van der Waals surface area contributed by atoms with E-state index in [1.54, 1.807) is 0 Å². The minimum atomic E-state index is 0.580. The number of para-hydroxylation sites is 3. The van der Waals surface area contributed by atoms with E-state index in [2.05, 4.69) is 145 Å². The molecule has 1 aliphatic carbocycles. The van der Waals surface area contributed by atoms with Gasteiger partial charge >= 0.3 is 0 Å². The molecule has 0 saturated carbocycles. The average Bonchev–Trinajstić information content (AvgIpc) is 4.19. The lowest BCUT2D eigenvalue weighted by atomic mass is 9.92. The Morgan fingerprint density at radius 2 is 1.18 bits per heavy atom. The van der Waals surface area contributed by atoms with Gasteiger partial charge in [0.15, 0.2) is 17.5 Å². The first-order chi connectivity index (χ1) is 35.1. The van der Waals surface area contributed by atoms with Gasteiger partial charge in [-0.15, -0.1) is 0 Å². The molecule has 0 unspecified atom stereocenters. The summed E-state index contributed by atoms with van der Waals surface area (Å²) in [5, 5.41) is 6.73. The number of aromatic nitrogens is 4. The van der Waals surface area contributed by atoms with Crippen LogP contribution in [0.1, 0.15) is 48.7 Å². The summed E-state index contributed by atoms with van der Waals surface area (Å²) in [6.07, 6.45) is 8.87. The van der Waals surface area contributed by atoms with Gasteiger partial charge in [0, 0.05) is 77.8 Å². The highest BCUT2D eigenvalue weighted by Crippen LogP contribution is 2.43. The second-order valence-corrected chi connectivity index (χ2v) is 18.4. The highest BCUT2D eigenvalue weighted by molar-refractivity contribution is 6.11. The lowest BCUT2D eigenvalue weighted by molar-refractivity contribution is 0.545. The lowest BCUT2D eigenvalue weighted by Crippen LogP contribution is -2.06. The van der Waals surface area contributed by atoms with Crippen molar-refractivity contribution in [1.82, 2.24) is 19.5 Å². The summed E-state index contributed by atoms with van der Waals surface area (Å²) in [7, 11) is 0. The Morgan fingerprint density at radius 1 is 0.507 bits per heavy atom. The molecule has 13 aromatic rings. The van der Waals surface area contributed by atoms with Crippen LogP contribution in [-0.4, -0.2) is 19.5 Å². The molecule has 0 saturated heterocycles. The minimum absolute atomic E-state index is 0.580. The summed E-state index contributed by atoms with van der Waals surface area (Å²) < 4.78 is 21.9. The third-order valence-electron chi connectivity index (χ3n) is 14.3. The molecule has 0 N–H and O–H groups in total. The lowest BCUT2D eigenvalue weighted by Gasteiger charge is -2.15. The van der Waals surface area contributed by atoms with Crippen molar-refractivity contribution in [2.45, 2.75) is 33.1 Å². The van der Waals surface area contributed by atoms with Crippen LogP contribution in [0.25, 0.3) is 128 Å². The quantitative estimate of drug-likeness (QED) is 0.151. The number of nitrogens with zero attached hydrogens (tertiary/aromatic N) is 4. The van der Waals surface area contributed by atoms with Crippen molar-refractivity contribution >= 4 is 77.3 Å². The van der Waals surface area contributed by atoms with E-state index >= 15 is 0 Å². The van der Waals surface area contributed by atoms with Crippen LogP contribution in [0.5, 0.6) is 0 Å². The second-order valence-electron chi connectivity index (χ2n) is 18.4. The fourth-order valence-corrected chi connectivity index (χ4v) is 10.9. The molecule has 0 amide bonds. The molecule has 0 radical (unpaired) electrons. The Balaban J connectivity index is 0.852. The van der Waals surface area contributed by atoms with E-state index in [4.69, 9.17) is 28.2 Å². The molecule has 5 aromatic heterocycles. The van der Waals surface area contributed by atoms with Crippen molar-refractivity contribution in [1.29, 1.82) is 0 Å². The Labute approximate surface area is 408 Å². The average molecular weight is 917 g/mol. The molecule has 8 aromatic carbocycles. The van der Waals surface area contributed by atoms with E-state index in [9.17, 15) is 0 Å². The molecule has 1 aliphatic rings. The molecular weight excluding hydrogens is 873 g/mol. The fourth-order valence-electron chi connectivity index (χ4n) is 10.9. The van der Waals surface area contributed by atoms with E-state index in [1.165, 1.54) is 21.7 Å². The highest BCUT2D eigenvalue weighted by atomic mass is 16.3. The van der Waals surface area contributed by atoms with Crippen LogP contribution in [0, 0.1) is 0 Å². The fraction of sp³-hybridized carbons (Fsp3) is 0.0781. The van der Waals surface area contributed by atoms with E-state index in [0.29, 0.717) is 17.5 Å². The van der Waals surface area contributed by atoms with Crippen LogP contribution >= 0.6 is 0 Å². The van der Waals surface area contributed by atoms with Gasteiger partial charge in [0.05, 0.1) is 11.0 Å². The van der Waals surface area contributed by atoms with Gasteiger partial charge in [0.1, 0.15) is 33.9 Å². The zero-order chi connectivity index (χ0) is 47.2. The third-order valence-corrected chi connectivity index (χ3v) is 14.3. The minimum Gasteiger partial charge on any atom is -0.460 e. The van der Waals surface area contributed by atoms with Crippen molar-refractivity contribution in [3.8, 4) is 50.7 Å². The van der Waals surface area contributed by atoms with Crippen LogP contribution in [0.4, 0.5) is 0 Å². The van der Waals surface area contributed by atoms with Gasteiger partial charge in [-0.1, -0.05) is 134 Å². The van der Waals surface area contributed by atoms with Crippen molar-refractivity contribution in [2.75, 3.05) is 0 Å². The summed E-state index contributed by atoms with van der Waals surface area (Å²) in [5.74, 6) is 3.67. The maximum absolute atomic E-state index is 6.66. The van der Waals surface area contributed by atoms with E-state index < -0.39 is 0 Å². The molecule has 0 spiro atoms. The summed E-state index contributed by atoms with van der Waals surface area (Å²) in [5.41, 5.74) is 16.2. The number of allylic oxidation sites excluding steroid dienone is 2. The Hall–Kier alpha value is -9.07. The Kier molecular flexibility index (Phi) is 9.39. The molecule has 5 heterocycles. The number of hydrogen-bond acceptors (Lipinski definition) is 6. The van der Waals surface area contributed by atoms with Crippen molar-refractivity contribution in [2.24, 2.45) is 0 Å². The number of aryl methyl sites for hydroxylation is 2. The summed E-state index contributed by atoms with van der Waals surface area (Å²) in [6.45, 7) is 4.22. The molecular formula is C64H44N4O3. The molecule has 338 valence electrons. The van der Waals surface area contributed by atoms with E-state index in [-0.39, 0.29) is 0 Å². The van der Waals surface area contributed by atoms with Crippen LogP contribution in [0.15, 0.2) is 201 Å². The topological polar surface area (TPSA) is 83.0 Å². The second kappa shape index (κ2) is 16.3. The molecule has 14 rings (SSSR count). The number of fused-ring (bicyclic) bond motifs is 10. The zero-order valence-corrected chi connectivity index (χ0v) is 39.1. The summed E-state index contributed by atoms with van der Waals surface area (Å²) >= 11 is 0. The zero-order valence-electron chi connectivity index (χ0n) is 39.1. The maximum atomic E-state index is 6.66. The van der Waals surface area contributed by atoms with Crippen LogP contribution in [0.2, 0.25) is 0 Å². The van der Waals surface area contributed by atoms with Gasteiger partial charge in [-0.3, -0.25) is 0 Å². The van der Waals surface area contributed by atoms with Crippen molar-refractivity contribution in [3.05, 3.63) is 217 Å². The predicted molar refractivity (Wildman–Crippen MR) is 289 cm³/mol. The van der Waals surface area contributed by atoms with Crippen LogP contribution < -0.4 is 0 Å². The first kappa shape index (κ1) is 40.9. The summed E-state index contributed by atoms with van der Waals surface area (Å²) in [6, 6.07) is 61.9. The summed E-state index contributed by atoms with van der Waals surface area (Å²) in [4.78, 5) is 15.5. The molecule has 0 bridgehead atoms. The third kappa shape index (κ3) is 6.61. The van der Waals surface area contributed by atoms with Gasteiger partial charge in [0.25, 0.3) is 0 Å². The van der Waals surface area contributed by atoms with Gasteiger partial charge in [-0.25, -0.2) is 15.0 Å². The maximum Gasteiger partial charge on any atom is 0.164 e. The Morgan fingerprint density at radius 3 is 2.03 bits per heavy atom. The predicted octanol–water partition coefficient (Wildman–Crippen LogP) is 17.0. The molecule has 7 nitrogen and oxygen atoms in total. The number of rotatable bonds is 8. The van der Waals surface area contributed by atoms with Gasteiger partial charge in [-0.2, -0.15) is 0 Å². The number of benzene rings is 8. The molecule has 0 atom stereocenters. The monoisotopic (exact) mass is 916 g/mol. The van der Waals surface area contributed by atoms with Crippen LogP contribution in [-0.2, 0) is 12.8 Å². The van der Waals surface area contributed by atoms with Crippen molar-refractivity contribution in [3.63, 3.8) is 0 Å². The smallest absolute Gasteiger partial charge is 0.164 e. The molecule has 71 heavy (non-hydrogen) atoms. The SMILES string of the molecule is C/C=C\c1oc2c(-c3ccc(-n4c5ccccc5c5cc(-c6ccc7oc8c(c7c6)C(c6nc(-c7ccccc7)nc(-c7ccc9c(c7)oc7ccccc79)n6)=CCC8)ccc54)cc3)cccc2c1CC. The molecule has 0 aliphatic heterocycles.